The normalized spacial score (nSPS) is 21.6. The van der Waals surface area contributed by atoms with Crippen LogP contribution in [0.3, 0.4) is 0 Å². The van der Waals surface area contributed by atoms with E-state index in [1.54, 1.807) is 17.9 Å². The largest absolute Gasteiger partial charge is 0.393 e. The second-order valence-corrected chi connectivity index (χ2v) is 5.99. The third-order valence-corrected chi connectivity index (χ3v) is 4.07. The number of anilines is 1. The Hall–Kier alpha value is -2.15. The van der Waals surface area contributed by atoms with Crippen molar-refractivity contribution in [1.82, 2.24) is 4.90 Å². The summed E-state index contributed by atoms with van der Waals surface area (Å²) < 4.78 is 0. The van der Waals surface area contributed by atoms with Crippen molar-refractivity contribution < 1.29 is 9.72 Å². The summed E-state index contributed by atoms with van der Waals surface area (Å²) in [5.74, 6) is -0.267. The number of hydrogen-bond donors (Lipinski definition) is 2. The van der Waals surface area contributed by atoms with Crippen LogP contribution < -0.4 is 11.5 Å². The number of aryl methyl sites for hydroxylation is 1. The van der Waals surface area contributed by atoms with Crippen molar-refractivity contribution in [2.24, 2.45) is 11.1 Å². The maximum absolute atomic E-state index is 12.6. The first-order chi connectivity index (χ1) is 9.77. The average molecular weight is 292 g/mol. The summed E-state index contributed by atoms with van der Waals surface area (Å²) in [6.07, 6.45) is 0.822. The lowest BCUT2D eigenvalue weighted by atomic mass is 9.90. The Balaban J connectivity index is 2.35. The molecule has 1 fully saturated rings. The van der Waals surface area contributed by atoms with E-state index >= 15 is 0 Å². The summed E-state index contributed by atoms with van der Waals surface area (Å²) in [4.78, 5) is 24.7. The van der Waals surface area contributed by atoms with E-state index in [0.29, 0.717) is 25.2 Å². The Morgan fingerprint density at radius 2 is 2.19 bits per heavy atom. The molecule has 114 valence electrons. The van der Waals surface area contributed by atoms with Gasteiger partial charge in [-0.15, -0.1) is 0 Å². The summed E-state index contributed by atoms with van der Waals surface area (Å²) in [7, 11) is 0. The van der Waals surface area contributed by atoms with E-state index in [9.17, 15) is 14.9 Å². The van der Waals surface area contributed by atoms with Crippen LogP contribution in [0.15, 0.2) is 12.1 Å². The number of rotatable bonds is 3. The van der Waals surface area contributed by atoms with Gasteiger partial charge in [-0.25, -0.2) is 0 Å². The first-order valence-electron chi connectivity index (χ1n) is 6.81. The van der Waals surface area contributed by atoms with E-state index in [2.05, 4.69) is 0 Å². The van der Waals surface area contributed by atoms with E-state index in [0.717, 1.165) is 6.42 Å². The average Bonchev–Trinajstić information content (AvgIpc) is 2.83. The molecule has 0 aliphatic carbocycles. The predicted octanol–water partition coefficient (Wildman–Crippen LogP) is 1.30. The van der Waals surface area contributed by atoms with Crippen LogP contribution in [0, 0.1) is 22.5 Å². The van der Waals surface area contributed by atoms with Crippen LogP contribution in [0.2, 0.25) is 0 Å². The van der Waals surface area contributed by atoms with Crippen molar-refractivity contribution in [3.8, 4) is 0 Å². The quantitative estimate of drug-likeness (QED) is 0.495. The number of amides is 1. The molecule has 7 nitrogen and oxygen atoms in total. The van der Waals surface area contributed by atoms with Crippen LogP contribution in [0.4, 0.5) is 11.4 Å². The summed E-state index contributed by atoms with van der Waals surface area (Å²) in [6.45, 7) is 5.37. The van der Waals surface area contributed by atoms with Crippen molar-refractivity contribution in [3.63, 3.8) is 0 Å². The number of nitrogen functional groups attached to an aromatic ring is 1. The van der Waals surface area contributed by atoms with Crippen LogP contribution in [0.25, 0.3) is 0 Å². The maximum atomic E-state index is 12.6. The first kappa shape index (κ1) is 15.2. The van der Waals surface area contributed by atoms with Crippen LogP contribution in [-0.4, -0.2) is 35.4 Å². The Labute approximate surface area is 123 Å². The molecule has 1 amide bonds. The number of carbonyl (C=O) groups is 1. The van der Waals surface area contributed by atoms with Crippen LogP contribution in [0.1, 0.15) is 29.3 Å². The number of carbonyl (C=O) groups excluding carboxylic acids is 1. The summed E-state index contributed by atoms with van der Waals surface area (Å²) in [5, 5.41) is 11.0. The minimum atomic E-state index is -0.562. The van der Waals surface area contributed by atoms with Gasteiger partial charge in [-0.2, -0.15) is 0 Å². The number of nitro benzene ring substituents is 1. The smallest absolute Gasteiger partial charge is 0.293 e. The highest BCUT2D eigenvalue weighted by molar-refractivity contribution is 6.01. The Kier molecular flexibility index (Phi) is 3.87. The molecule has 4 N–H and O–H groups in total. The molecule has 1 aromatic rings. The standard InChI is InChI=1S/C14H20N4O3/c1-9-5-10(12(16)11(6-9)18(20)21)13(19)17-4-3-14(2,7-15)8-17/h5-6H,3-4,7-8,15-16H2,1-2H3. The molecule has 7 heteroatoms. The SMILES string of the molecule is Cc1cc(C(=O)N2CCC(C)(CN)C2)c(N)c([N+](=O)[O-])c1. The van der Waals surface area contributed by atoms with Gasteiger partial charge in [0.15, 0.2) is 0 Å². The lowest BCUT2D eigenvalue weighted by molar-refractivity contribution is -0.384. The topological polar surface area (TPSA) is 115 Å². The molecular weight excluding hydrogens is 272 g/mol. The molecule has 21 heavy (non-hydrogen) atoms. The van der Waals surface area contributed by atoms with E-state index in [-0.39, 0.29) is 28.3 Å². The summed E-state index contributed by atoms with van der Waals surface area (Å²) in [6, 6.07) is 2.98. The lowest BCUT2D eigenvalue weighted by Crippen LogP contribution is -2.34. The minimum absolute atomic E-state index is 0.0723. The molecule has 0 spiro atoms. The van der Waals surface area contributed by atoms with Crippen molar-refractivity contribution in [2.45, 2.75) is 20.3 Å². The fourth-order valence-corrected chi connectivity index (χ4v) is 2.64. The van der Waals surface area contributed by atoms with Gasteiger partial charge in [-0.05, 0) is 36.9 Å². The van der Waals surface area contributed by atoms with Gasteiger partial charge in [-0.3, -0.25) is 14.9 Å². The van der Waals surface area contributed by atoms with Crippen molar-refractivity contribution in [2.75, 3.05) is 25.4 Å². The second kappa shape index (κ2) is 5.33. The number of nitrogens with two attached hydrogens (primary N) is 2. The first-order valence-corrected chi connectivity index (χ1v) is 6.81. The molecule has 2 rings (SSSR count). The molecule has 1 unspecified atom stereocenters. The number of likely N-dealkylation sites (tertiary alicyclic amines) is 1. The Morgan fingerprint density at radius 1 is 1.52 bits per heavy atom. The van der Waals surface area contributed by atoms with Crippen LogP contribution >= 0.6 is 0 Å². The highest BCUT2D eigenvalue weighted by Gasteiger charge is 2.36. The van der Waals surface area contributed by atoms with Gasteiger partial charge in [0.2, 0.25) is 0 Å². The van der Waals surface area contributed by atoms with Gasteiger partial charge in [0.05, 0.1) is 10.5 Å². The maximum Gasteiger partial charge on any atom is 0.293 e. The van der Waals surface area contributed by atoms with Gasteiger partial charge < -0.3 is 16.4 Å². The molecule has 1 aliphatic heterocycles. The van der Waals surface area contributed by atoms with Gasteiger partial charge >= 0.3 is 0 Å². The minimum Gasteiger partial charge on any atom is -0.393 e. The number of nitro groups is 1. The zero-order valence-corrected chi connectivity index (χ0v) is 12.3. The molecule has 0 radical (unpaired) electrons. The highest BCUT2D eigenvalue weighted by atomic mass is 16.6. The van der Waals surface area contributed by atoms with E-state index in [1.807, 2.05) is 6.92 Å². The molecule has 0 bridgehead atoms. The van der Waals surface area contributed by atoms with Crippen LogP contribution in [-0.2, 0) is 0 Å². The molecule has 0 aromatic heterocycles. The molecule has 1 heterocycles. The molecular formula is C14H20N4O3. The van der Waals surface area contributed by atoms with E-state index < -0.39 is 4.92 Å². The zero-order chi connectivity index (χ0) is 15.8. The zero-order valence-electron chi connectivity index (χ0n) is 12.3. The fraction of sp³-hybridized carbons (Fsp3) is 0.500. The molecule has 0 saturated carbocycles. The number of hydrogen-bond acceptors (Lipinski definition) is 5. The third-order valence-electron chi connectivity index (χ3n) is 4.07. The van der Waals surface area contributed by atoms with Crippen molar-refractivity contribution in [1.29, 1.82) is 0 Å². The van der Waals surface area contributed by atoms with Gasteiger partial charge in [0, 0.05) is 19.2 Å². The molecule has 1 aromatic carbocycles. The van der Waals surface area contributed by atoms with E-state index in [1.165, 1.54) is 6.07 Å². The van der Waals surface area contributed by atoms with Gasteiger partial charge in [0.25, 0.3) is 11.6 Å². The molecule has 1 aliphatic rings. The third kappa shape index (κ3) is 2.82. The predicted molar refractivity (Wildman–Crippen MR) is 79.9 cm³/mol. The van der Waals surface area contributed by atoms with Crippen LogP contribution in [0.5, 0.6) is 0 Å². The summed E-state index contributed by atoms with van der Waals surface area (Å²) >= 11 is 0. The molecule has 1 saturated heterocycles. The van der Waals surface area contributed by atoms with Crippen molar-refractivity contribution in [3.05, 3.63) is 33.4 Å². The van der Waals surface area contributed by atoms with Gasteiger partial charge in [-0.1, -0.05) is 6.92 Å². The fourth-order valence-electron chi connectivity index (χ4n) is 2.64. The Morgan fingerprint density at radius 3 is 2.71 bits per heavy atom. The lowest BCUT2D eigenvalue weighted by Gasteiger charge is -2.23. The van der Waals surface area contributed by atoms with E-state index in [4.69, 9.17) is 11.5 Å². The Bertz CT molecular complexity index is 602. The summed E-state index contributed by atoms with van der Waals surface area (Å²) in [5.41, 5.74) is 12.0. The van der Waals surface area contributed by atoms with Gasteiger partial charge in [0.1, 0.15) is 5.69 Å². The highest BCUT2D eigenvalue weighted by Crippen LogP contribution is 2.32. The number of benzene rings is 1. The monoisotopic (exact) mass is 292 g/mol. The second-order valence-electron chi connectivity index (χ2n) is 5.99. The molecule has 1 atom stereocenters. The van der Waals surface area contributed by atoms with Crippen molar-refractivity contribution >= 4 is 17.3 Å². The number of nitrogens with zero attached hydrogens (tertiary/aromatic N) is 2.